The second-order valence-corrected chi connectivity index (χ2v) is 11.9. The lowest BCUT2D eigenvalue weighted by atomic mass is 9.44. The summed E-state index contributed by atoms with van der Waals surface area (Å²) in [6.07, 6.45) is 1.66. The molecule has 198 valence electrons. The van der Waals surface area contributed by atoms with Gasteiger partial charge in [0.25, 0.3) is 0 Å². The van der Waals surface area contributed by atoms with Crippen LogP contribution >= 0.6 is 0 Å². The van der Waals surface area contributed by atoms with Gasteiger partial charge in [0.2, 0.25) is 5.60 Å². The van der Waals surface area contributed by atoms with Crippen LogP contribution in [0.15, 0.2) is 23.8 Å². The van der Waals surface area contributed by atoms with Crippen LogP contribution in [0.4, 0.5) is 13.6 Å². The molecule has 0 aromatic carbocycles. The molecule has 0 aliphatic heterocycles. The third-order valence-corrected chi connectivity index (χ3v) is 10.3. The Bertz CT molecular complexity index is 1050. The SMILES string of the molecule is C[C@@H]1C[C@H]2[C@@H]3C[C@H](F)C4=CC(=O)C=C[C@]4(C)C3(F)[C@@H](O)C[C@]2(C)[C@]1(OC(=O)OC1CCCC1)C(=O)O. The number of alkyl halides is 2. The Labute approximate surface area is 208 Å². The number of ether oxygens (including phenoxy) is 2. The van der Waals surface area contributed by atoms with Crippen molar-refractivity contribution in [3.8, 4) is 0 Å². The molecule has 9 atom stereocenters. The Morgan fingerprint density at radius 2 is 1.81 bits per heavy atom. The Hall–Kier alpha value is -2.29. The Morgan fingerprint density at radius 1 is 1.14 bits per heavy atom. The maximum Gasteiger partial charge on any atom is 0.509 e. The van der Waals surface area contributed by atoms with Gasteiger partial charge in [0.05, 0.1) is 6.10 Å². The molecule has 4 fully saturated rings. The van der Waals surface area contributed by atoms with Crippen LogP contribution in [0.25, 0.3) is 0 Å². The molecule has 5 aliphatic carbocycles. The van der Waals surface area contributed by atoms with Gasteiger partial charge in [-0.2, -0.15) is 0 Å². The number of hydrogen-bond acceptors (Lipinski definition) is 6. The lowest BCUT2D eigenvalue weighted by molar-refractivity contribution is -0.232. The average molecular weight is 509 g/mol. The summed E-state index contributed by atoms with van der Waals surface area (Å²) >= 11 is 0. The number of aliphatic hydroxyl groups excluding tert-OH is 1. The fraction of sp³-hybridized carbons (Fsp3) is 0.741. The first-order valence-electron chi connectivity index (χ1n) is 12.9. The topological polar surface area (TPSA) is 110 Å². The van der Waals surface area contributed by atoms with Gasteiger partial charge in [-0.3, -0.25) is 4.79 Å². The minimum Gasteiger partial charge on any atom is -0.478 e. The van der Waals surface area contributed by atoms with Crippen LogP contribution in [-0.2, 0) is 19.1 Å². The molecule has 0 spiro atoms. The highest BCUT2D eigenvalue weighted by Crippen LogP contribution is 2.71. The van der Waals surface area contributed by atoms with Crippen LogP contribution in [0, 0.1) is 28.6 Å². The van der Waals surface area contributed by atoms with Crippen molar-refractivity contribution in [2.75, 3.05) is 0 Å². The zero-order valence-electron chi connectivity index (χ0n) is 20.8. The van der Waals surface area contributed by atoms with Crippen LogP contribution < -0.4 is 0 Å². The van der Waals surface area contributed by atoms with E-state index < -0.39 is 70.0 Å². The summed E-state index contributed by atoms with van der Waals surface area (Å²) in [5.74, 6) is -4.30. The van der Waals surface area contributed by atoms with E-state index >= 15 is 8.78 Å². The molecule has 0 radical (unpaired) electrons. The second kappa shape index (κ2) is 8.10. The van der Waals surface area contributed by atoms with E-state index in [1.807, 2.05) is 0 Å². The largest absolute Gasteiger partial charge is 0.509 e. The first-order valence-corrected chi connectivity index (χ1v) is 12.9. The van der Waals surface area contributed by atoms with Crippen molar-refractivity contribution in [2.24, 2.45) is 28.6 Å². The monoisotopic (exact) mass is 508 g/mol. The molecular formula is C27H34F2O7. The van der Waals surface area contributed by atoms with Gasteiger partial charge in [0.15, 0.2) is 11.5 Å². The molecule has 0 aromatic heterocycles. The molecule has 0 amide bonds. The van der Waals surface area contributed by atoms with Gasteiger partial charge >= 0.3 is 12.1 Å². The normalized spacial score (nSPS) is 48.0. The van der Waals surface area contributed by atoms with E-state index in [0.29, 0.717) is 12.8 Å². The Morgan fingerprint density at radius 3 is 2.44 bits per heavy atom. The number of ketones is 1. The van der Waals surface area contributed by atoms with Crippen molar-refractivity contribution in [1.82, 2.24) is 0 Å². The fourth-order valence-corrected chi connectivity index (χ4v) is 8.54. The number of aliphatic hydroxyl groups is 1. The van der Waals surface area contributed by atoms with Gasteiger partial charge < -0.3 is 19.7 Å². The molecule has 5 rings (SSSR count). The minimum absolute atomic E-state index is 0.00309. The maximum atomic E-state index is 17.3. The van der Waals surface area contributed by atoms with Crippen molar-refractivity contribution in [2.45, 2.75) is 95.4 Å². The van der Waals surface area contributed by atoms with E-state index in [9.17, 15) is 24.6 Å². The molecule has 36 heavy (non-hydrogen) atoms. The molecule has 0 bridgehead atoms. The molecule has 9 heteroatoms. The zero-order valence-corrected chi connectivity index (χ0v) is 20.8. The summed E-state index contributed by atoms with van der Waals surface area (Å²) in [6, 6.07) is 0. The van der Waals surface area contributed by atoms with E-state index in [2.05, 4.69) is 0 Å². The second-order valence-electron chi connectivity index (χ2n) is 11.9. The van der Waals surface area contributed by atoms with E-state index in [4.69, 9.17) is 9.47 Å². The highest BCUT2D eigenvalue weighted by Gasteiger charge is 2.78. The Balaban J connectivity index is 1.55. The third kappa shape index (κ3) is 3.07. The quantitative estimate of drug-likeness (QED) is 0.541. The lowest BCUT2D eigenvalue weighted by Crippen LogP contribution is -2.71. The number of halogens is 2. The summed E-state index contributed by atoms with van der Waals surface area (Å²) in [5.41, 5.74) is -7.34. The molecule has 4 saturated carbocycles. The zero-order chi connectivity index (χ0) is 26.3. The van der Waals surface area contributed by atoms with Crippen LogP contribution in [0.3, 0.4) is 0 Å². The standard InChI is InChI=1S/C27H34F2O7/c1-14-10-17-18-12-20(28)19-11-15(30)8-9-24(19,2)26(18,29)21(31)13-25(17,3)27(14,22(32)33)36-23(34)35-16-6-4-5-7-16/h8-9,11,14,16-18,20-21,31H,4-7,10,12-13H2,1-3H3,(H,32,33)/t14-,17+,18+,20+,21+,24+,25+,26?,27-/m1/s1. The molecule has 0 saturated heterocycles. The van der Waals surface area contributed by atoms with Gasteiger partial charge in [-0.15, -0.1) is 0 Å². The molecule has 0 heterocycles. The molecule has 5 aliphatic rings. The van der Waals surface area contributed by atoms with Gasteiger partial charge in [-0.1, -0.05) is 19.9 Å². The lowest BCUT2D eigenvalue weighted by Gasteiger charge is -2.62. The fourth-order valence-electron chi connectivity index (χ4n) is 8.54. The summed E-state index contributed by atoms with van der Waals surface area (Å²) in [5, 5.41) is 21.9. The van der Waals surface area contributed by atoms with E-state index in [1.165, 1.54) is 19.1 Å². The van der Waals surface area contributed by atoms with Gasteiger partial charge in [-0.25, -0.2) is 18.4 Å². The number of aliphatic carboxylic acids is 1. The number of rotatable bonds is 3. The minimum atomic E-state index is -2.33. The molecular weight excluding hydrogens is 474 g/mol. The van der Waals surface area contributed by atoms with Crippen molar-refractivity contribution < 1.29 is 42.9 Å². The van der Waals surface area contributed by atoms with Crippen molar-refractivity contribution >= 4 is 17.9 Å². The first-order chi connectivity index (χ1) is 16.8. The summed E-state index contributed by atoms with van der Waals surface area (Å²) in [4.78, 5) is 37.7. The predicted molar refractivity (Wildman–Crippen MR) is 123 cm³/mol. The Kier molecular flexibility index (Phi) is 5.71. The number of carboxylic acids is 1. The van der Waals surface area contributed by atoms with E-state index in [-0.39, 0.29) is 30.9 Å². The van der Waals surface area contributed by atoms with Crippen LogP contribution in [0.2, 0.25) is 0 Å². The van der Waals surface area contributed by atoms with Crippen molar-refractivity contribution in [3.05, 3.63) is 23.8 Å². The van der Waals surface area contributed by atoms with Crippen molar-refractivity contribution in [3.63, 3.8) is 0 Å². The first kappa shape index (κ1) is 25.4. The van der Waals surface area contributed by atoms with Gasteiger partial charge in [0.1, 0.15) is 12.3 Å². The number of carbonyl (C=O) groups excluding carboxylic acids is 2. The summed E-state index contributed by atoms with van der Waals surface area (Å²) in [7, 11) is 0. The molecule has 7 nitrogen and oxygen atoms in total. The van der Waals surface area contributed by atoms with Crippen LogP contribution in [-0.4, -0.2) is 57.8 Å². The third-order valence-electron chi connectivity index (χ3n) is 10.3. The van der Waals surface area contributed by atoms with Crippen molar-refractivity contribution in [1.29, 1.82) is 0 Å². The number of carboxylic acid groups (broad SMARTS) is 1. The van der Waals surface area contributed by atoms with Gasteiger partial charge in [0, 0.05) is 22.7 Å². The average Bonchev–Trinajstić information content (AvgIpc) is 3.38. The number of hydrogen-bond donors (Lipinski definition) is 2. The predicted octanol–water partition coefficient (Wildman–Crippen LogP) is 4.47. The number of carbonyl (C=O) groups is 3. The summed E-state index contributed by atoms with van der Waals surface area (Å²) in [6.45, 7) is 4.72. The maximum absolute atomic E-state index is 17.3. The van der Waals surface area contributed by atoms with Crippen LogP contribution in [0.1, 0.15) is 65.7 Å². The smallest absolute Gasteiger partial charge is 0.478 e. The van der Waals surface area contributed by atoms with Gasteiger partial charge in [-0.05, 0) is 75.5 Å². The van der Waals surface area contributed by atoms with Crippen LogP contribution in [0.5, 0.6) is 0 Å². The molecule has 0 aromatic rings. The molecule has 2 N–H and O–H groups in total. The number of fused-ring (bicyclic) bond motifs is 5. The highest BCUT2D eigenvalue weighted by molar-refractivity contribution is 6.01. The molecule has 1 unspecified atom stereocenters. The highest BCUT2D eigenvalue weighted by atomic mass is 19.1. The van der Waals surface area contributed by atoms with E-state index in [0.717, 1.165) is 18.9 Å². The number of allylic oxidation sites excluding steroid dienone is 4. The van der Waals surface area contributed by atoms with E-state index in [1.54, 1.807) is 13.8 Å². The summed E-state index contributed by atoms with van der Waals surface area (Å²) < 4.78 is 43.9.